The standard InChI is InChI=1S/C18H25N3O5S/c1-4-14-18(23)19-13-9-12(2)16(10-15(13)26-14)27(24,25)20(3)11-17(22)21-7-5-6-8-21/h9-10,14H,4-8,11H2,1-3H3,(H,19,23)/t14-/m0/s1. The molecule has 2 aliphatic heterocycles. The maximum absolute atomic E-state index is 13.0. The summed E-state index contributed by atoms with van der Waals surface area (Å²) >= 11 is 0. The van der Waals surface area contributed by atoms with Gasteiger partial charge >= 0.3 is 0 Å². The first-order valence-electron chi connectivity index (χ1n) is 9.10. The van der Waals surface area contributed by atoms with Gasteiger partial charge in [-0.1, -0.05) is 6.92 Å². The summed E-state index contributed by atoms with van der Waals surface area (Å²) in [7, 11) is -2.47. The molecule has 0 unspecified atom stereocenters. The molecule has 2 amide bonds. The van der Waals surface area contributed by atoms with Crippen LogP contribution in [0.5, 0.6) is 5.75 Å². The molecule has 0 aliphatic carbocycles. The van der Waals surface area contributed by atoms with Crippen molar-refractivity contribution >= 4 is 27.5 Å². The third-order valence-electron chi connectivity index (χ3n) is 4.97. The molecule has 0 saturated carbocycles. The Morgan fingerprint density at radius 3 is 2.63 bits per heavy atom. The summed E-state index contributed by atoms with van der Waals surface area (Å²) in [6.07, 6.45) is 1.73. The van der Waals surface area contributed by atoms with Crippen LogP contribution in [0.15, 0.2) is 17.0 Å². The van der Waals surface area contributed by atoms with Crippen molar-refractivity contribution in [3.8, 4) is 5.75 Å². The topological polar surface area (TPSA) is 96.0 Å². The zero-order valence-electron chi connectivity index (χ0n) is 15.8. The van der Waals surface area contributed by atoms with Gasteiger partial charge in [0.15, 0.2) is 6.10 Å². The Balaban J connectivity index is 1.85. The summed E-state index contributed by atoms with van der Waals surface area (Å²) in [5.41, 5.74) is 0.935. The van der Waals surface area contributed by atoms with Gasteiger partial charge in [-0.05, 0) is 37.8 Å². The van der Waals surface area contributed by atoms with Crippen LogP contribution in [0.25, 0.3) is 0 Å². The van der Waals surface area contributed by atoms with E-state index in [1.54, 1.807) is 17.9 Å². The number of nitrogens with zero attached hydrogens (tertiary/aromatic N) is 2. The van der Waals surface area contributed by atoms with Gasteiger partial charge in [0.05, 0.1) is 17.1 Å². The van der Waals surface area contributed by atoms with Crippen molar-refractivity contribution in [2.45, 2.75) is 44.1 Å². The largest absolute Gasteiger partial charge is 0.478 e. The van der Waals surface area contributed by atoms with Gasteiger partial charge in [-0.25, -0.2) is 8.42 Å². The molecular formula is C18H25N3O5S. The number of fused-ring (bicyclic) bond motifs is 1. The van der Waals surface area contributed by atoms with Crippen LogP contribution in [0.3, 0.4) is 0 Å². The van der Waals surface area contributed by atoms with E-state index in [0.717, 1.165) is 17.1 Å². The van der Waals surface area contributed by atoms with E-state index in [-0.39, 0.29) is 23.3 Å². The minimum atomic E-state index is -3.87. The minimum Gasteiger partial charge on any atom is -0.478 e. The normalized spacial score (nSPS) is 19.6. The Kier molecular flexibility index (Phi) is 5.43. The third-order valence-corrected chi connectivity index (χ3v) is 6.92. The average Bonchev–Trinajstić information content (AvgIpc) is 3.15. The highest BCUT2D eigenvalue weighted by Crippen LogP contribution is 2.35. The lowest BCUT2D eigenvalue weighted by Gasteiger charge is -2.27. The Morgan fingerprint density at radius 1 is 1.33 bits per heavy atom. The number of ether oxygens (including phenoxy) is 1. The van der Waals surface area contributed by atoms with Gasteiger partial charge in [0.2, 0.25) is 15.9 Å². The molecule has 1 atom stereocenters. The van der Waals surface area contributed by atoms with Crippen molar-refractivity contribution in [3.05, 3.63) is 17.7 Å². The third kappa shape index (κ3) is 3.79. The molecular weight excluding hydrogens is 370 g/mol. The van der Waals surface area contributed by atoms with Crippen molar-refractivity contribution in [2.24, 2.45) is 0 Å². The number of likely N-dealkylation sites (N-methyl/N-ethyl adjacent to an activating group) is 1. The zero-order valence-corrected chi connectivity index (χ0v) is 16.6. The number of benzene rings is 1. The number of nitrogens with one attached hydrogen (secondary N) is 1. The predicted molar refractivity (Wildman–Crippen MR) is 100 cm³/mol. The summed E-state index contributed by atoms with van der Waals surface area (Å²) in [5.74, 6) is -0.109. The monoisotopic (exact) mass is 395 g/mol. The van der Waals surface area contributed by atoms with Gasteiger partial charge in [0.25, 0.3) is 5.91 Å². The number of aryl methyl sites for hydroxylation is 1. The highest BCUT2D eigenvalue weighted by atomic mass is 32.2. The second-order valence-electron chi connectivity index (χ2n) is 6.97. The molecule has 3 rings (SSSR count). The first-order valence-corrected chi connectivity index (χ1v) is 10.5. The fourth-order valence-corrected chi connectivity index (χ4v) is 4.68. The van der Waals surface area contributed by atoms with E-state index in [1.807, 2.05) is 6.92 Å². The number of rotatable bonds is 5. The smallest absolute Gasteiger partial charge is 0.265 e. The fourth-order valence-electron chi connectivity index (χ4n) is 3.34. The van der Waals surface area contributed by atoms with E-state index in [0.29, 0.717) is 36.5 Å². The van der Waals surface area contributed by atoms with Gasteiger partial charge < -0.3 is 15.0 Å². The maximum atomic E-state index is 13.0. The predicted octanol–water partition coefficient (Wildman–Crippen LogP) is 1.35. The Bertz CT molecular complexity index is 862. The highest BCUT2D eigenvalue weighted by Gasteiger charge is 2.31. The number of hydrogen-bond donors (Lipinski definition) is 1. The Morgan fingerprint density at radius 2 is 2.00 bits per heavy atom. The number of sulfonamides is 1. The molecule has 148 valence electrons. The SMILES string of the molecule is CC[C@@H]1Oc2cc(S(=O)(=O)N(C)CC(=O)N3CCCC3)c(C)cc2NC1=O. The van der Waals surface area contributed by atoms with Gasteiger partial charge in [-0.3, -0.25) is 9.59 Å². The molecule has 1 N–H and O–H groups in total. The molecule has 1 fully saturated rings. The van der Waals surface area contributed by atoms with E-state index in [1.165, 1.54) is 13.1 Å². The molecule has 8 nitrogen and oxygen atoms in total. The summed E-state index contributed by atoms with van der Waals surface area (Å²) in [5, 5.41) is 2.75. The second-order valence-corrected chi connectivity index (χ2v) is 8.98. The lowest BCUT2D eigenvalue weighted by atomic mass is 10.1. The van der Waals surface area contributed by atoms with Crippen molar-refractivity contribution in [1.29, 1.82) is 0 Å². The van der Waals surface area contributed by atoms with Crippen LogP contribution in [0, 0.1) is 6.92 Å². The lowest BCUT2D eigenvalue weighted by molar-refractivity contribution is -0.130. The first kappa shape index (κ1) is 19.6. The molecule has 1 saturated heterocycles. The number of likely N-dealkylation sites (tertiary alicyclic amines) is 1. The molecule has 9 heteroatoms. The van der Waals surface area contributed by atoms with Crippen LogP contribution in [0.1, 0.15) is 31.7 Å². The van der Waals surface area contributed by atoms with Gasteiger partial charge in [-0.2, -0.15) is 4.31 Å². The van der Waals surface area contributed by atoms with Crippen LogP contribution in [0.2, 0.25) is 0 Å². The van der Waals surface area contributed by atoms with Crippen molar-refractivity contribution in [2.75, 3.05) is 32.0 Å². The molecule has 1 aromatic rings. The summed E-state index contributed by atoms with van der Waals surface area (Å²) < 4.78 is 32.8. The van der Waals surface area contributed by atoms with E-state index in [9.17, 15) is 18.0 Å². The maximum Gasteiger partial charge on any atom is 0.265 e. The number of anilines is 1. The summed E-state index contributed by atoms with van der Waals surface area (Å²) in [4.78, 5) is 26.0. The molecule has 1 aromatic carbocycles. The number of carbonyl (C=O) groups is 2. The van der Waals surface area contributed by atoms with Gasteiger partial charge in [0.1, 0.15) is 5.75 Å². The fraction of sp³-hybridized carbons (Fsp3) is 0.556. The number of amides is 2. The van der Waals surface area contributed by atoms with E-state index < -0.39 is 16.1 Å². The van der Waals surface area contributed by atoms with Crippen LogP contribution >= 0.6 is 0 Å². The van der Waals surface area contributed by atoms with Crippen molar-refractivity contribution < 1.29 is 22.7 Å². The van der Waals surface area contributed by atoms with Crippen LogP contribution in [-0.4, -0.2) is 62.2 Å². The first-order chi connectivity index (χ1) is 12.7. The molecule has 2 heterocycles. The highest BCUT2D eigenvalue weighted by molar-refractivity contribution is 7.89. The van der Waals surface area contributed by atoms with Gasteiger partial charge in [0, 0.05) is 26.2 Å². The minimum absolute atomic E-state index is 0.0731. The number of carbonyl (C=O) groups excluding carboxylic acids is 2. The summed E-state index contributed by atoms with van der Waals surface area (Å²) in [6.45, 7) is 4.63. The molecule has 0 aromatic heterocycles. The zero-order chi connectivity index (χ0) is 19.8. The second kappa shape index (κ2) is 7.47. The van der Waals surface area contributed by atoms with Crippen LogP contribution in [0.4, 0.5) is 5.69 Å². The van der Waals surface area contributed by atoms with Gasteiger partial charge in [-0.15, -0.1) is 0 Å². The number of hydrogen-bond acceptors (Lipinski definition) is 5. The van der Waals surface area contributed by atoms with Crippen molar-refractivity contribution in [1.82, 2.24) is 9.21 Å². The lowest BCUT2D eigenvalue weighted by Crippen LogP contribution is -2.40. The van der Waals surface area contributed by atoms with Crippen LogP contribution < -0.4 is 10.1 Å². The van der Waals surface area contributed by atoms with Crippen molar-refractivity contribution in [3.63, 3.8) is 0 Å². The van der Waals surface area contributed by atoms with E-state index >= 15 is 0 Å². The molecule has 2 aliphatic rings. The summed E-state index contributed by atoms with van der Waals surface area (Å²) in [6, 6.07) is 3.01. The van der Waals surface area contributed by atoms with E-state index in [4.69, 9.17) is 4.74 Å². The Hall–Kier alpha value is -2.13. The van der Waals surface area contributed by atoms with Crippen LogP contribution in [-0.2, 0) is 19.6 Å². The quantitative estimate of drug-likeness (QED) is 0.812. The Labute approximate surface area is 159 Å². The van der Waals surface area contributed by atoms with E-state index in [2.05, 4.69) is 5.32 Å². The molecule has 0 spiro atoms. The molecule has 0 radical (unpaired) electrons. The average molecular weight is 395 g/mol. The molecule has 0 bridgehead atoms. The molecule has 27 heavy (non-hydrogen) atoms.